The summed E-state index contributed by atoms with van der Waals surface area (Å²) in [4.78, 5) is 19.6. The molecule has 0 bridgehead atoms. The fraction of sp³-hybridized carbons (Fsp3) is 0.381. The molecule has 0 aliphatic rings. The Hall–Kier alpha value is -2.87. The molecule has 0 aliphatic carbocycles. The van der Waals surface area contributed by atoms with E-state index in [2.05, 4.69) is 21.8 Å². The lowest BCUT2D eigenvalue weighted by Gasteiger charge is -2.09. The van der Waals surface area contributed by atoms with Crippen molar-refractivity contribution < 1.29 is 14.3 Å². The summed E-state index contributed by atoms with van der Waals surface area (Å²) in [5.41, 5.74) is 2.83. The quantitative estimate of drug-likeness (QED) is 0.564. The molecule has 5 nitrogen and oxygen atoms in total. The number of methoxy groups -OCH3 is 1. The fourth-order valence-electron chi connectivity index (χ4n) is 2.36. The van der Waals surface area contributed by atoms with E-state index in [4.69, 9.17) is 9.47 Å². The van der Waals surface area contributed by atoms with Crippen LogP contribution in [0.25, 0.3) is 0 Å². The van der Waals surface area contributed by atoms with Crippen molar-refractivity contribution in [1.82, 2.24) is 9.97 Å². The van der Waals surface area contributed by atoms with E-state index in [1.54, 1.807) is 12.4 Å². The maximum atomic E-state index is 11.3. The molecule has 1 aromatic carbocycles. The summed E-state index contributed by atoms with van der Waals surface area (Å²) in [5, 5.41) is 0. The first-order valence-corrected chi connectivity index (χ1v) is 8.73. The second-order valence-corrected chi connectivity index (χ2v) is 6.14. The van der Waals surface area contributed by atoms with Gasteiger partial charge in [0.2, 0.25) is 0 Å². The number of hydrogen-bond donors (Lipinski definition) is 0. The van der Waals surface area contributed by atoms with Gasteiger partial charge in [-0.25, -0.2) is 9.97 Å². The highest BCUT2D eigenvalue weighted by atomic mass is 16.5. The molecule has 1 aromatic heterocycles. The summed E-state index contributed by atoms with van der Waals surface area (Å²) in [6.45, 7) is 4.68. The molecule has 0 radical (unpaired) electrons. The smallest absolute Gasteiger partial charge is 0.316 e. The van der Waals surface area contributed by atoms with Crippen molar-refractivity contribution in [2.45, 2.75) is 33.1 Å². The Morgan fingerprint density at radius 3 is 2.38 bits per heavy atom. The third-order valence-corrected chi connectivity index (χ3v) is 3.70. The van der Waals surface area contributed by atoms with E-state index in [0.717, 1.165) is 24.0 Å². The molecule has 0 saturated carbocycles. The predicted octanol–water partition coefficient (Wildman–Crippen LogP) is 3.41. The van der Waals surface area contributed by atoms with Gasteiger partial charge < -0.3 is 9.47 Å². The zero-order valence-corrected chi connectivity index (χ0v) is 15.5. The molecule has 0 amide bonds. The Bertz CT molecular complexity index is 759. The Morgan fingerprint density at radius 2 is 1.77 bits per heavy atom. The van der Waals surface area contributed by atoms with Crippen molar-refractivity contribution in [2.75, 3.05) is 13.7 Å². The minimum absolute atomic E-state index is 0.173. The molecule has 0 spiro atoms. The van der Waals surface area contributed by atoms with Gasteiger partial charge in [0.15, 0.2) is 0 Å². The second kappa shape index (κ2) is 10.2. The highest BCUT2D eigenvalue weighted by Crippen LogP contribution is 2.13. The molecule has 26 heavy (non-hydrogen) atoms. The average Bonchev–Trinajstić information content (AvgIpc) is 2.66. The lowest BCUT2D eigenvalue weighted by atomic mass is 9.97. The van der Waals surface area contributed by atoms with Crippen LogP contribution < -0.4 is 4.74 Å². The summed E-state index contributed by atoms with van der Waals surface area (Å²) in [7, 11) is 1.42. The first-order chi connectivity index (χ1) is 12.6. The first kappa shape index (κ1) is 19.5. The number of rotatable bonds is 7. The van der Waals surface area contributed by atoms with Crippen LogP contribution in [0.4, 0.5) is 0 Å². The van der Waals surface area contributed by atoms with Gasteiger partial charge in [-0.15, -0.1) is 0 Å². The van der Waals surface area contributed by atoms with Crippen molar-refractivity contribution in [3.63, 3.8) is 0 Å². The summed E-state index contributed by atoms with van der Waals surface area (Å²) in [5.74, 6) is 6.21. The zero-order chi connectivity index (χ0) is 18.8. The Labute approximate surface area is 154 Å². The topological polar surface area (TPSA) is 61.3 Å². The summed E-state index contributed by atoms with van der Waals surface area (Å²) >= 11 is 0. The fourth-order valence-corrected chi connectivity index (χ4v) is 2.36. The van der Waals surface area contributed by atoms with Crippen LogP contribution in [0.5, 0.6) is 6.01 Å². The van der Waals surface area contributed by atoms with Crippen LogP contribution in [0.3, 0.4) is 0 Å². The van der Waals surface area contributed by atoms with E-state index in [-0.39, 0.29) is 11.9 Å². The molecule has 2 aromatic rings. The molecular formula is C21H24N2O3. The van der Waals surface area contributed by atoms with Crippen LogP contribution >= 0.6 is 0 Å². The van der Waals surface area contributed by atoms with Crippen LogP contribution in [-0.4, -0.2) is 29.7 Å². The number of carbonyl (C=O) groups excluding carboxylic acids is 1. The molecule has 2 rings (SSSR count). The van der Waals surface area contributed by atoms with Crippen molar-refractivity contribution in [1.29, 1.82) is 0 Å². The largest absolute Gasteiger partial charge is 0.469 e. The monoisotopic (exact) mass is 352 g/mol. The van der Waals surface area contributed by atoms with Crippen LogP contribution in [0.2, 0.25) is 0 Å². The van der Waals surface area contributed by atoms with E-state index in [9.17, 15) is 4.79 Å². The minimum Gasteiger partial charge on any atom is -0.469 e. The Balaban J connectivity index is 1.93. The average molecular weight is 352 g/mol. The van der Waals surface area contributed by atoms with E-state index >= 15 is 0 Å². The number of hydrogen-bond acceptors (Lipinski definition) is 5. The highest BCUT2D eigenvalue weighted by molar-refractivity contribution is 5.69. The van der Waals surface area contributed by atoms with Gasteiger partial charge in [0.05, 0.1) is 19.3 Å². The van der Waals surface area contributed by atoms with E-state index in [1.165, 1.54) is 12.7 Å². The standard InChI is InChI=1S/C21H24N2O3/c1-4-11-26-21-22-14-19(15-23-21)10-7-17-5-8-18(9-6-17)12-16(2)13-20(24)25-3/h5-6,8-9,14-16H,4,11-13H2,1-3H3. The van der Waals surface area contributed by atoms with Gasteiger partial charge >= 0.3 is 12.0 Å². The molecule has 1 heterocycles. The van der Waals surface area contributed by atoms with Crippen molar-refractivity contribution in [3.05, 3.63) is 53.3 Å². The molecule has 0 N–H and O–H groups in total. The first-order valence-electron chi connectivity index (χ1n) is 8.73. The van der Waals surface area contributed by atoms with Gasteiger partial charge in [0, 0.05) is 24.4 Å². The number of nitrogens with zero attached hydrogens (tertiary/aromatic N) is 2. The molecular weight excluding hydrogens is 328 g/mol. The Kier molecular flexibility index (Phi) is 7.63. The van der Waals surface area contributed by atoms with Crippen molar-refractivity contribution >= 4 is 5.97 Å². The lowest BCUT2D eigenvalue weighted by molar-refractivity contribution is -0.141. The molecule has 0 fully saturated rings. The zero-order valence-electron chi connectivity index (χ0n) is 15.5. The normalized spacial score (nSPS) is 11.2. The number of carbonyl (C=O) groups is 1. The van der Waals surface area contributed by atoms with Gasteiger partial charge in [-0.1, -0.05) is 37.8 Å². The minimum atomic E-state index is -0.173. The highest BCUT2D eigenvalue weighted by Gasteiger charge is 2.09. The van der Waals surface area contributed by atoms with Gasteiger partial charge in [-0.3, -0.25) is 4.79 Å². The third kappa shape index (κ3) is 6.56. The van der Waals surface area contributed by atoms with E-state index in [0.29, 0.717) is 19.0 Å². The maximum Gasteiger partial charge on any atom is 0.316 e. The molecule has 0 saturated heterocycles. The van der Waals surface area contributed by atoms with Crippen LogP contribution in [0.1, 0.15) is 43.4 Å². The summed E-state index contributed by atoms with van der Waals surface area (Å²) in [6.07, 6.45) is 5.50. The van der Waals surface area contributed by atoms with Gasteiger partial charge in [0.1, 0.15) is 0 Å². The SMILES string of the molecule is CCCOc1ncc(C#Cc2ccc(CC(C)CC(=O)OC)cc2)cn1. The molecule has 1 unspecified atom stereocenters. The van der Waals surface area contributed by atoms with Crippen LogP contribution in [-0.2, 0) is 16.0 Å². The van der Waals surface area contributed by atoms with Gasteiger partial charge in [-0.2, -0.15) is 0 Å². The Morgan fingerprint density at radius 1 is 1.12 bits per heavy atom. The molecule has 5 heteroatoms. The van der Waals surface area contributed by atoms with E-state index < -0.39 is 0 Å². The maximum absolute atomic E-state index is 11.3. The number of esters is 1. The molecule has 136 valence electrons. The summed E-state index contributed by atoms with van der Waals surface area (Å²) < 4.78 is 10.1. The van der Waals surface area contributed by atoms with E-state index in [1.807, 2.05) is 38.1 Å². The predicted molar refractivity (Wildman–Crippen MR) is 99.7 cm³/mol. The number of ether oxygens (including phenoxy) is 2. The third-order valence-electron chi connectivity index (χ3n) is 3.70. The number of aromatic nitrogens is 2. The number of benzene rings is 1. The van der Waals surface area contributed by atoms with Gasteiger partial charge in [0.25, 0.3) is 0 Å². The van der Waals surface area contributed by atoms with Crippen molar-refractivity contribution in [2.24, 2.45) is 5.92 Å². The molecule has 1 atom stereocenters. The second-order valence-electron chi connectivity index (χ2n) is 6.14. The van der Waals surface area contributed by atoms with Crippen LogP contribution in [0.15, 0.2) is 36.7 Å². The lowest BCUT2D eigenvalue weighted by Crippen LogP contribution is -2.09. The molecule has 0 aliphatic heterocycles. The van der Waals surface area contributed by atoms with Crippen LogP contribution in [0, 0.1) is 17.8 Å². The summed E-state index contributed by atoms with van der Waals surface area (Å²) in [6, 6.07) is 8.41. The van der Waals surface area contributed by atoms with Gasteiger partial charge in [-0.05, 0) is 36.5 Å². The van der Waals surface area contributed by atoms with Crippen molar-refractivity contribution in [3.8, 4) is 17.9 Å².